The number of aryl methyl sites for hydroxylation is 2. The van der Waals surface area contributed by atoms with Crippen LogP contribution in [0, 0.1) is 6.92 Å². The van der Waals surface area contributed by atoms with Crippen molar-refractivity contribution >= 4 is 16.9 Å². The molecule has 0 fully saturated rings. The number of nitrogens with one attached hydrogen (secondary N) is 1. The number of amides is 1. The van der Waals surface area contributed by atoms with Gasteiger partial charge in [-0.1, -0.05) is 0 Å². The Morgan fingerprint density at radius 1 is 1.55 bits per heavy atom. The molecule has 0 bridgehead atoms. The molecule has 8 heteroatoms. The molecule has 0 atom stereocenters. The molecule has 0 aliphatic rings. The Kier molecular flexibility index (Phi) is 3.67. The lowest BCUT2D eigenvalue weighted by Gasteiger charge is -2.14. The highest BCUT2D eigenvalue weighted by atomic mass is 19.3. The molecule has 1 amide bonds. The Bertz CT molecular complexity index is 653. The van der Waals surface area contributed by atoms with Crippen molar-refractivity contribution in [3.05, 3.63) is 23.5 Å². The fourth-order valence-electron chi connectivity index (χ4n) is 1.82. The predicted octanol–water partition coefficient (Wildman–Crippen LogP) is 0.601. The average Bonchev–Trinajstić information content (AvgIpc) is 2.71. The number of nitrogens with two attached hydrogens (primary N) is 1. The molecule has 2 aromatic heterocycles. The molecule has 6 nitrogen and oxygen atoms in total. The Hall–Kier alpha value is -2.09. The normalized spacial score (nSPS) is 11.8. The van der Waals surface area contributed by atoms with E-state index in [2.05, 4.69) is 15.4 Å². The number of aromatic nitrogens is 3. The number of pyridine rings is 1. The van der Waals surface area contributed by atoms with E-state index < -0.39 is 24.9 Å². The van der Waals surface area contributed by atoms with Crippen LogP contribution in [0.15, 0.2) is 12.3 Å². The molecule has 0 radical (unpaired) electrons. The van der Waals surface area contributed by atoms with Gasteiger partial charge in [0.2, 0.25) is 0 Å². The van der Waals surface area contributed by atoms with Gasteiger partial charge in [0.05, 0.1) is 24.3 Å². The van der Waals surface area contributed by atoms with Crippen molar-refractivity contribution in [3.63, 3.8) is 0 Å². The van der Waals surface area contributed by atoms with Gasteiger partial charge >= 0.3 is 0 Å². The maximum absolute atomic E-state index is 13.0. The van der Waals surface area contributed by atoms with E-state index in [9.17, 15) is 13.6 Å². The molecule has 0 aliphatic heterocycles. The van der Waals surface area contributed by atoms with Crippen LogP contribution in [0.5, 0.6) is 0 Å². The first kappa shape index (κ1) is 14.3. The third-order valence-electron chi connectivity index (χ3n) is 2.93. The molecule has 2 aromatic rings. The Morgan fingerprint density at radius 2 is 2.25 bits per heavy atom. The van der Waals surface area contributed by atoms with Gasteiger partial charge in [-0.2, -0.15) is 5.10 Å². The van der Waals surface area contributed by atoms with Crippen molar-refractivity contribution in [3.8, 4) is 0 Å². The summed E-state index contributed by atoms with van der Waals surface area (Å²) in [7, 11) is 1.74. The van der Waals surface area contributed by atoms with E-state index in [4.69, 9.17) is 5.73 Å². The molecule has 0 aliphatic carbocycles. The summed E-state index contributed by atoms with van der Waals surface area (Å²) in [6.07, 6.45) is 1.33. The maximum atomic E-state index is 13.0. The molecular formula is C12H15F2N5O. The summed E-state index contributed by atoms with van der Waals surface area (Å²) in [5.74, 6) is -3.73. The maximum Gasteiger partial charge on any atom is 0.277 e. The van der Waals surface area contributed by atoms with E-state index >= 15 is 0 Å². The molecule has 3 N–H and O–H groups in total. The van der Waals surface area contributed by atoms with Gasteiger partial charge in [-0.25, -0.2) is 13.8 Å². The number of halogens is 2. The summed E-state index contributed by atoms with van der Waals surface area (Å²) in [6, 6.07) is 1.58. The molecule has 0 saturated heterocycles. The summed E-state index contributed by atoms with van der Waals surface area (Å²) < 4.78 is 27.6. The number of hydrogen-bond acceptors (Lipinski definition) is 4. The summed E-state index contributed by atoms with van der Waals surface area (Å²) >= 11 is 0. The van der Waals surface area contributed by atoms with Crippen LogP contribution in [0.25, 0.3) is 11.0 Å². The van der Waals surface area contributed by atoms with Crippen LogP contribution in [0.4, 0.5) is 8.78 Å². The minimum Gasteiger partial charge on any atom is -0.346 e. The van der Waals surface area contributed by atoms with Gasteiger partial charge in [0.25, 0.3) is 11.8 Å². The van der Waals surface area contributed by atoms with Crippen molar-refractivity contribution in [1.82, 2.24) is 20.1 Å². The first-order valence-corrected chi connectivity index (χ1v) is 5.99. The zero-order valence-electron chi connectivity index (χ0n) is 11.2. The highest BCUT2D eigenvalue weighted by Gasteiger charge is 2.27. The van der Waals surface area contributed by atoms with Crippen LogP contribution in [0.3, 0.4) is 0 Å². The van der Waals surface area contributed by atoms with Gasteiger partial charge in [0.1, 0.15) is 0 Å². The molecule has 0 aromatic carbocycles. The van der Waals surface area contributed by atoms with Gasteiger partial charge in [-0.15, -0.1) is 0 Å². The Balaban J connectivity index is 2.21. The lowest BCUT2D eigenvalue weighted by atomic mass is 10.2. The SMILES string of the molecule is Cc1nn(C)c2ncc(C(=O)NCC(F)(F)CN)cc12. The van der Waals surface area contributed by atoms with Crippen molar-refractivity contribution < 1.29 is 13.6 Å². The Labute approximate surface area is 114 Å². The summed E-state index contributed by atoms with van der Waals surface area (Å²) in [5.41, 5.74) is 6.46. The standard InChI is InChI=1S/C12H15F2N5O/c1-7-9-3-8(4-16-10(9)19(2)18-7)11(20)17-6-12(13,14)5-15/h3-4H,5-6,15H2,1-2H3,(H,17,20). The van der Waals surface area contributed by atoms with E-state index in [0.717, 1.165) is 5.69 Å². The minimum atomic E-state index is -3.11. The monoisotopic (exact) mass is 283 g/mol. The Morgan fingerprint density at radius 3 is 2.90 bits per heavy atom. The van der Waals surface area contributed by atoms with Crippen molar-refractivity contribution in [2.24, 2.45) is 12.8 Å². The lowest BCUT2D eigenvalue weighted by molar-refractivity contribution is 0.0118. The quantitative estimate of drug-likeness (QED) is 0.860. The van der Waals surface area contributed by atoms with Gasteiger partial charge in [0.15, 0.2) is 5.65 Å². The predicted molar refractivity (Wildman–Crippen MR) is 69.6 cm³/mol. The van der Waals surface area contributed by atoms with Crippen LogP contribution in [-0.4, -0.2) is 39.7 Å². The number of fused-ring (bicyclic) bond motifs is 1. The third kappa shape index (κ3) is 2.74. The molecule has 20 heavy (non-hydrogen) atoms. The van der Waals surface area contributed by atoms with Gasteiger partial charge in [-0.05, 0) is 13.0 Å². The first-order chi connectivity index (χ1) is 9.34. The number of carbonyl (C=O) groups is 1. The van der Waals surface area contributed by atoms with Crippen LogP contribution in [-0.2, 0) is 7.05 Å². The van der Waals surface area contributed by atoms with E-state index in [0.29, 0.717) is 11.0 Å². The molecule has 0 unspecified atom stereocenters. The highest BCUT2D eigenvalue weighted by molar-refractivity contribution is 5.97. The molecular weight excluding hydrogens is 268 g/mol. The molecule has 2 heterocycles. The van der Waals surface area contributed by atoms with Crippen LogP contribution in [0.1, 0.15) is 16.1 Å². The highest BCUT2D eigenvalue weighted by Crippen LogP contribution is 2.16. The fourth-order valence-corrected chi connectivity index (χ4v) is 1.82. The molecule has 2 rings (SSSR count). The van der Waals surface area contributed by atoms with Crippen LogP contribution in [0.2, 0.25) is 0 Å². The molecule has 108 valence electrons. The first-order valence-electron chi connectivity index (χ1n) is 5.99. The van der Waals surface area contributed by atoms with Crippen molar-refractivity contribution in [2.45, 2.75) is 12.8 Å². The number of nitrogens with zero attached hydrogens (tertiary/aromatic N) is 3. The summed E-state index contributed by atoms with van der Waals surface area (Å²) in [4.78, 5) is 15.9. The number of alkyl halides is 2. The second-order valence-electron chi connectivity index (χ2n) is 4.55. The van der Waals surface area contributed by atoms with E-state index in [1.807, 2.05) is 0 Å². The van der Waals surface area contributed by atoms with Gasteiger partial charge in [-0.3, -0.25) is 9.48 Å². The smallest absolute Gasteiger partial charge is 0.277 e. The zero-order valence-corrected chi connectivity index (χ0v) is 11.2. The van der Waals surface area contributed by atoms with E-state index in [-0.39, 0.29) is 5.56 Å². The lowest BCUT2D eigenvalue weighted by Crippen LogP contribution is -2.41. The zero-order chi connectivity index (χ0) is 14.9. The average molecular weight is 283 g/mol. The van der Waals surface area contributed by atoms with E-state index in [1.165, 1.54) is 6.20 Å². The molecule has 0 spiro atoms. The van der Waals surface area contributed by atoms with Crippen molar-refractivity contribution in [2.75, 3.05) is 13.1 Å². The third-order valence-corrected chi connectivity index (χ3v) is 2.93. The number of hydrogen-bond donors (Lipinski definition) is 2. The summed E-state index contributed by atoms with van der Waals surface area (Å²) in [5, 5.41) is 7.03. The molecule has 0 saturated carbocycles. The summed E-state index contributed by atoms with van der Waals surface area (Å²) in [6.45, 7) is 0.174. The van der Waals surface area contributed by atoms with Crippen LogP contribution >= 0.6 is 0 Å². The minimum absolute atomic E-state index is 0.210. The van der Waals surface area contributed by atoms with Crippen molar-refractivity contribution in [1.29, 1.82) is 0 Å². The topological polar surface area (TPSA) is 85.8 Å². The number of carbonyl (C=O) groups excluding carboxylic acids is 1. The van der Waals surface area contributed by atoms with Gasteiger partial charge < -0.3 is 11.1 Å². The van der Waals surface area contributed by atoms with E-state index in [1.54, 1.807) is 24.7 Å². The second-order valence-corrected chi connectivity index (χ2v) is 4.55. The number of rotatable bonds is 4. The second kappa shape index (κ2) is 5.12. The van der Waals surface area contributed by atoms with Gasteiger partial charge in [0, 0.05) is 18.6 Å². The largest absolute Gasteiger partial charge is 0.346 e. The van der Waals surface area contributed by atoms with Crippen LogP contribution < -0.4 is 11.1 Å². The fraction of sp³-hybridized carbons (Fsp3) is 0.417.